The van der Waals surface area contributed by atoms with Crippen LogP contribution in [0.1, 0.15) is 52.1 Å². The fourth-order valence-corrected chi connectivity index (χ4v) is 6.99. The zero-order valence-corrected chi connectivity index (χ0v) is 29.0. The van der Waals surface area contributed by atoms with Crippen LogP contribution in [0.4, 0.5) is 0 Å². The summed E-state index contributed by atoms with van der Waals surface area (Å²) < 4.78 is 33.4. The molecule has 0 aliphatic heterocycles. The van der Waals surface area contributed by atoms with Crippen LogP contribution in [0.25, 0.3) is 0 Å². The molecule has 0 fully saturated rings. The average Bonchev–Trinajstić information content (AvgIpc) is 3.13. The number of aliphatic hydroxyl groups excluding tert-OH is 1. The Morgan fingerprint density at radius 1 is 0.776 bits per heavy atom. The van der Waals surface area contributed by atoms with Gasteiger partial charge >= 0.3 is 0 Å². The van der Waals surface area contributed by atoms with Crippen LogP contribution < -0.4 is 15.4 Å². The molecule has 1 amide bonds. The minimum Gasteiger partial charge on any atom is -0.488 e. The highest BCUT2D eigenvalue weighted by atomic mass is 35.5. The SMILES string of the molecule is CCCNC(=O)c1cc(S(=O)(=O)c2ccc(CCNC(Cc3ccccc3)[C@H](O)c3cccc(Cl)c3)cc2)ccc1OCc1ccccc1. The van der Waals surface area contributed by atoms with E-state index in [4.69, 9.17) is 16.3 Å². The Hall–Kier alpha value is -4.47. The van der Waals surface area contributed by atoms with Crippen molar-refractivity contribution in [3.8, 4) is 5.75 Å². The summed E-state index contributed by atoms with van der Waals surface area (Å²) >= 11 is 6.20. The molecule has 0 radical (unpaired) electrons. The molecular weight excluding hydrogens is 656 g/mol. The second kappa shape index (κ2) is 17.3. The smallest absolute Gasteiger partial charge is 0.255 e. The number of aliphatic hydroxyl groups is 1. The van der Waals surface area contributed by atoms with E-state index in [2.05, 4.69) is 10.6 Å². The Balaban J connectivity index is 1.28. The number of hydrogen-bond donors (Lipinski definition) is 3. The largest absolute Gasteiger partial charge is 0.488 e. The number of ether oxygens (including phenoxy) is 1. The summed E-state index contributed by atoms with van der Waals surface area (Å²) in [5.74, 6) is -0.0823. The molecule has 49 heavy (non-hydrogen) atoms. The van der Waals surface area contributed by atoms with Crippen LogP contribution in [0.5, 0.6) is 5.75 Å². The Labute approximate surface area is 293 Å². The molecule has 0 aliphatic carbocycles. The van der Waals surface area contributed by atoms with Crippen molar-refractivity contribution in [3.63, 3.8) is 0 Å². The lowest BCUT2D eigenvalue weighted by Gasteiger charge is -2.25. The Morgan fingerprint density at radius 2 is 1.45 bits per heavy atom. The van der Waals surface area contributed by atoms with Gasteiger partial charge in [-0.05, 0) is 90.5 Å². The van der Waals surface area contributed by atoms with Crippen LogP contribution >= 0.6 is 11.6 Å². The summed E-state index contributed by atoms with van der Waals surface area (Å²) in [4.78, 5) is 13.2. The topological polar surface area (TPSA) is 105 Å². The van der Waals surface area contributed by atoms with E-state index >= 15 is 0 Å². The molecule has 1 unspecified atom stereocenters. The number of benzene rings is 5. The van der Waals surface area contributed by atoms with E-state index in [0.717, 1.165) is 28.7 Å². The zero-order valence-electron chi connectivity index (χ0n) is 27.4. The molecule has 7 nitrogen and oxygen atoms in total. The van der Waals surface area contributed by atoms with Gasteiger partial charge in [-0.3, -0.25) is 4.79 Å². The molecule has 0 heterocycles. The normalized spacial score (nSPS) is 12.6. The number of amides is 1. The van der Waals surface area contributed by atoms with Crippen molar-refractivity contribution in [2.75, 3.05) is 13.1 Å². The Bertz CT molecular complexity index is 1920. The fourth-order valence-electron chi connectivity index (χ4n) is 5.51. The van der Waals surface area contributed by atoms with E-state index in [9.17, 15) is 18.3 Å². The number of sulfone groups is 1. The van der Waals surface area contributed by atoms with Crippen LogP contribution in [0.3, 0.4) is 0 Å². The van der Waals surface area contributed by atoms with Crippen molar-refractivity contribution in [1.82, 2.24) is 10.6 Å². The molecule has 2 atom stereocenters. The highest BCUT2D eigenvalue weighted by molar-refractivity contribution is 7.91. The van der Waals surface area contributed by atoms with Crippen molar-refractivity contribution >= 4 is 27.3 Å². The van der Waals surface area contributed by atoms with Crippen LogP contribution in [0.2, 0.25) is 5.02 Å². The molecule has 5 rings (SSSR count). The molecular formula is C40H41ClN2O5S. The highest BCUT2D eigenvalue weighted by Crippen LogP contribution is 2.28. The molecule has 0 aromatic heterocycles. The number of rotatable bonds is 16. The third kappa shape index (κ3) is 9.80. The lowest BCUT2D eigenvalue weighted by molar-refractivity contribution is 0.0949. The molecule has 0 saturated carbocycles. The second-order valence-corrected chi connectivity index (χ2v) is 14.2. The van der Waals surface area contributed by atoms with Crippen LogP contribution in [-0.4, -0.2) is 38.6 Å². The number of halogens is 1. The molecule has 3 N–H and O–H groups in total. The van der Waals surface area contributed by atoms with Gasteiger partial charge in [-0.2, -0.15) is 0 Å². The summed E-state index contributed by atoms with van der Waals surface area (Å²) in [6.07, 6.45) is 1.18. The predicted octanol–water partition coefficient (Wildman–Crippen LogP) is 7.37. The number of carbonyl (C=O) groups is 1. The van der Waals surface area contributed by atoms with Crippen LogP contribution in [-0.2, 0) is 29.3 Å². The first-order chi connectivity index (χ1) is 23.7. The maximum atomic E-state index is 13.7. The fraction of sp³-hybridized carbons (Fsp3) is 0.225. The lowest BCUT2D eigenvalue weighted by atomic mass is 9.96. The summed E-state index contributed by atoms with van der Waals surface area (Å²) in [5, 5.41) is 18.2. The molecule has 254 valence electrons. The third-order valence-corrected chi connectivity index (χ3v) is 10.2. The van der Waals surface area contributed by atoms with Crippen molar-refractivity contribution in [2.24, 2.45) is 0 Å². The molecule has 5 aromatic carbocycles. The van der Waals surface area contributed by atoms with Gasteiger partial charge in [-0.25, -0.2) is 8.42 Å². The standard InChI is InChI=1S/C40H41ClN2O5S/c1-2-23-43-40(45)36-27-35(20-21-38(36)48-28-31-12-7-4-8-13-31)49(46,47)34-18-16-29(17-19-34)22-24-42-37(25-30-10-5-3-6-11-30)39(44)32-14-9-15-33(41)26-32/h3-21,26-27,37,39,42,44H,2,22-25,28H2,1H3,(H,43,45)/t37?,39-/m1/s1. The van der Waals surface area contributed by atoms with Gasteiger partial charge in [0.2, 0.25) is 9.84 Å². The Kier molecular flexibility index (Phi) is 12.6. The van der Waals surface area contributed by atoms with E-state index in [1.165, 1.54) is 12.1 Å². The van der Waals surface area contributed by atoms with Gasteiger partial charge in [0.25, 0.3) is 5.91 Å². The monoisotopic (exact) mass is 696 g/mol. The van der Waals surface area contributed by atoms with Gasteiger partial charge in [-0.1, -0.05) is 103 Å². The first kappa shape index (κ1) is 35.8. The summed E-state index contributed by atoms with van der Waals surface area (Å²) in [6.45, 7) is 3.20. The molecule has 5 aromatic rings. The van der Waals surface area contributed by atoms with Gasteiger partial charge in [-0.15, -0.1) is 0 Å². The molecule has 0 bridgehead atoms. The maximum absolute atomic E-state index is 13.7. The van der Waals surface area contributed by atoms with Crippen molar-refractivity contribution in [2.45, 2.75) is 54.7 Å². The van der Waals surface area contributed by atoms with Crippen molar-refractivity contribution in [1.29, 1.82) is 0 Å². The first-order valence-corrected chi connectivity index (χ1v) is 18.2. The first-order valence-electron chi connectivity index (χ1n) is 16.4. The Morgan fingerprint density at radius 3 is 2.12 bits per heavy atom. The van der Waals surface area contributed by atoms with E-state index in [0.29, 0.717) is 36.7 Å². The highest BCUT2D eigenvalue weighted by Gasteiger charge is 2.23. The van der Waals surface area contributed by atoms with Gasteiger partial charge < -0.3 is 20.5 Å². The summed E-state index contributed by atoms with van der Waals surface area (Å²) in [5.41, 5.74) is 3.86. The molecule has 0 spiro atoms. The van der Waals surface area contributed by atoms with E-state index < -0.39 is 21.8 Å². The van der Waals surface area contributed by atoms with Gasteiger partial charge in [0, 0.05) is 17.6 Å². The van der Waals surface area contributed by atoms with Crippen molar-refractivity contribution in [3.05, 3.63) is 160 Å². The van der Waals surface area contributed by atoms with Gasteiger partial charge in [0.1, 0.15) is 12.4 Å². The van der Waals surface area contributed by atoms with Crippen LogP contribution in [0, 0.1) is 0 Å². The van der Waals surface area contributed by atoms with Crippen LogP contribution in [0.15, 0.2) is 137 Å². The van der Waals surface area contributed by atoms with Gasteiger partial charge in [0.15, 0.2) is 0 Å². The minimum absolute atomic E-state index is 0.00869. The summed E-state index contributed by atoms with van der Waals surface area (Å²) in [6, 6.07) is 37.7. The predicted molar refractivity (Wildman–Crippen MR) is 194 cm³/mol. The van der Waals surface area contributed by atoms with Crippen molar-refractivity contribution < 1.29 is 23.1 Å². The number of nitrogens with one attached hydrogen (secondary N) is 2. The quantitative estimate of drug-likeness (QED) is 0.0996. The second-order valence-electron chi connectivity index (χ2n) is 11.8. The minimum atomic E-state index is -3.93. The average molecular weight is 697 g/mol. The zero-order chi connectivity index (χ0) is 34.6. The molecule has 9 heteroatoms. The number of hydrogen-bond acceptors (Lipinski definition) is 6. The lowest BCUT2D eigenvalue weighted by Crippen LogP contribution is -2.38. The van der Waals surface area contributed by atoms with E-state index in [-0.39, 0.29) is 28.0 Å². The maximum Gasteiger partial charge on any atom is 0.255 e. The van der Waals surface area contributed by atoms with E-state index in [1.807, 2.05) is 79.7 Å². The summed E-state index contributed by atoms with van der Waals surface area (Å²) in [7, 11) is -3.93. The van der Waals surface area contributed by atoms with E-state index in [1.54, 1.807) is 42.5 Å². The number of carbonyl (C=O) groups excluding carboxylic acids is 1. The molecule has 0 aliphatic rings. The van der Waals surface area contributed by atoms with Gasteiger partial charge in [0.05, 0.1) is 21.5 Å². The molecule has 0 saturated heterocycles. The third-order valence-electron chi connectivity index (χ3n) is 8.20.